The molecule has 5 nitrogen and oxygen atoms in total. The molecule has 0 spiro atoms. The summed E-state index contributed by atoms with van der Waals surface area (Å²) in [5.74, 6) is 0.597. The summed E-state index contributed by atoms with van der Waals surface area (Å²) in [5.41, 5.74) is 0. The normalized spacial score (nSPS) is 16.0. The van der Waals surface area contributed by atoms with Crippen LogP contribution in [0.25, 0.3) is 10.8 Å². The lowest BCUT2D eigenvalue weighted by Crippen LogP contribution is -2.44. The molecule has 1 atom stereocenters. The van der Waals surface area contributed by atoms with E-state index in [2.05, 4.69) is 33.8 Å². The molecule has 1 saturated heterocycles. The van der Waals surface area contributed by atoms with Crippen molar-refractivity contribution in [3.05, 3.63) is 64.9 Å². The number of ether oxygens (including phenoxy) is 2. The van der Waals surface area contributed by atoms with Crippen LogP contribution in [0.4, 0.5) is 0 Å². The zero-order valence-electron chi connectivity index (χ0n) is 15.7. The maximum Gasteiger partial charge on any atom is 0.258 e. The summed E-state index contributed by atoms with van der Waals surface area (Å²) in [6.45, 7) is 3.82. The van der Waals surface area contributed by atoms with Crippen molar-refractivity contribution in [3.8, 4) is 5.75 Å². The van der Waals surface area contributed by atoms with Crippen molar-refractivity contribution in [2.24, 2.45) is 0 Å². The molecule has 2 heterocycles. The molecule has 0 bridgehead atoms. The Bertz CT molecular complexity index is 907. The van der Waals surface area contributed by atoms with Crippen LogP contribution >= 0.6 is 11.3 Å². The van der Waals surface area contributed by atoms with Crippen molar-refractivity contribution in [1.82, 2.24) is 10.2 Å². The minimum absolute atomic E-state index is 0.0125. The lowest BCUT2D eigenvalue weighted by Gasteiger charge is -2.34. The summed E-state index contributed by atoms with van der Waals surface area (Å²) < 4.78 is 11.2. The Morgan fingerprint density at radius 2 is 1.93 bits per heavy atom. The summed E-state index contributed by atoms with van der Waals surface area (Å²) in [6.07, 6.45) is 0. The average molecular weight is 397 g/mol. The molecular formula is C22H24N2O3S. The van der Waals surface area contributed by atoms with E-state index in [9.17, 15) is 4.79 Å². The average Bonchev–Trinajstić information content (AvgIpc) is 3.27. The van der Waals surface area contributed by atoms with Gasteiger partial charge in [-0.25, -0.2) is 0 Å². The van der Waals surface area contributed by atoms with Gasteiger partial charge in [-0.1, -0.05) is 36.4 Å². The lowest BCUT2D eigenvalue weighted by atomic mass is 10.1. The van der Waals surface area contributed by atoms with Crippen LogP contribution in [0.15, 0.2) is 60.0 Å². The van der Waals surface area contributed by atoms with E-state index >= 15 is 0 Å². The molecule has 1 aromatic heterocycles. The molecule has 28 heavy (non-hydrogen) atoms. The molecule has 146 valence electrons. The molecule has 3 aromatic rings. The standard InChI is InChI=1S/C22H24N2O3S/c25-22(16-27-19-8-7-17-4-1-2-5-18(17)14-19)23-15-20(21-6-3-13-28-21)24-9-11-26-12-10-24/h1-8,13-14,20H,9-12,15-16H2,(H,23,25)/t20-/m0/s1. The van der Waals surface area contributed by atoms with Gasteiger partial charge in [0.05, 0.1) is 19.3 Å². The van der Waals surface area contributed by atoms with E-state index in [-0.39, 0.29) is 18.6 Å². The second-order valence-corrected chi connectivity index (χ2v) is 7.76. The molecule has 1 N–H and O–H groups in total. The molecule has 1 amide bonds. The summed E-state index contributed by atoms with van der Waals surface area (Å²) in [5, 5.41) is 7.37. The second kappa shape index (κ2) is 9.19. The van der Waals surface area contributed by atoms with Gasteiger partial charge in [0, 0.05) is 24.5 Å². The molecule has 1 aliphatic rings. The third kappa shape index (κ3) is 4.70. The van der Waals surface area contributed by atoms with E-state index in [1.165, 1.54) is 4.88 Å². The van der Waals surface area contributed by atoms with Gasteiger partial charge in [-0.3, -0.25) is 9.69 Å². The summed E-state index contributed by atoms with van der Waals surface area (Å²) >= 11 is 1.72. The number of morpholine rings is 1. The molecule has 1 fully saturated rings. The Labute approximate surface area is 168 Å². The maximum absolute atomic E-state index is 12.4. The first-order valence-electron chi connectivity index (χ1n) is 9.53. The lowest BCUT2D eigenvalue weighted by molar-refractivity contribution is -0.123. The number of amides is 1. The van der Waals surface area contributed by atoms with E-state index < -0.39 is 0 Å². The van der Waals surface area contributed by atoms with Crippen LogP contribution in [0, 0.1) is 0 Å². The molecule has 0 radical (unpaired) electrons. The van der Waals surface area contributed by atoms with Crippen molar-refractivity contribution in [3.63, 3.8) is 0 Å². The fourth-order valence-electron chi connectivity index (χ4n) is 3.45. The topological polar surface area (TPSA) is 50.8 Å². The Hall–Kier alpha value is -2.41. The van der Waals surface area contributed by atoms with Gasteiger partial charge >= 0.3 is 0 Å². The van der Waals surface area contributed by atoms with Crippen molar-refractivity contribution < 1.29 is 14.3 Å². The minimum atomic E-state index is -0.108. The van der Waals surface area contributed by atoms with Crippen LogP contribution < -0.4 is 10.1 Å². The van der Waals surface area contributed by atoms with Crippen LogP contribution in [-0.2, 0) is 9.53 Å². The highest BCUT2D eigenvalue weighted by Crippen LogP contribution is 2.25. The first-order chi connectivity index (χ1) is 13.8. The minimum Gasteiger partial charge on any atom is -0.484 e. The van der Waals surface area contributed by atoms with Crippen LogP contribution in [0.3, 0.4) is 0 Å². The fourth-order valence-corrected chi connectivity index (χ4v) is 4.31. The molecule has 0 unspecified atom stereocenters. The highest BCUT2D eigenvalue weighted by Gasteiger charge is 2.23. The van der Waals surface area contributed by atoms with Gasteiger partial charge in [0.2, 0.25) is 0 Å². The van der Waals surface area contributed by atoms with Crippen LogP contribution in [0.2, 0.25) is 0 Å². The number of carbonyl (C=O) groups is 1. The van der Waals surface area contributed by atoms with Gasteiger partial charge in [-0.2, -0.15) is 0 Å². The van der Waals surface area contributed by atoms with E-state index in [1.54, 1.807) is 11.3 Å². The van der Waals surface area contributed by atoms with Crippen molar-refractivity contribution >= 4 is 28.0 Å². The highest BCUT2D eigenvalue weighted by molar-refractivity contribution is 7.10. The van der Waals surface area contributed by atoms with E-state index in [0.717, 1.165) is 37.1 Å². The van der Waals surface area contributed by atoms with Gasteiger partial charge in [-0.15, -0.1) is 11.3 Å². The molecule has 0 saturated carbocycles. The van der Waals surface area contributed by atoms with Crippen LogP contribution in [-0.4, -0.2) is 50.3 Å². The van der Waals surface area contributed by atoms with E-state index in [4.69, 9.17) is 9.47 Å². The number of fused-ring (bicyclic) bond motifs is 1. The third-order valence-corrected chi connectivity index (χ3v) is 5.92. The monoisotopic (exact) mass is 396 g/mol. The predicted octanol–water partition coefficient (Wildman–Crippen LogP) is 3.47. The third-order valence-electron chi connectivity index (χ3n) is 4.94. The van der Waals surface area contributed by atoms with Gasteiger partial charge in [0.1, 0.15) is 5.75 Å². The Morgan fingerprint density at radius 3 is 2.71 bits per heavy atom. The number of nitrogens with zero attached hydrogens (tertiary/aromatic N) is 1. The van der Waals surface area contributed by atoms with Crippen molar-refractivity contribution in [2.75, 3.05) is 39.5 Å². The summed E-state index contributed by atoms with van der Waals surface area (Å²) in [7, 11) is 0. The number of carbonyl (C=O) groups excluding carboxylic acids is 1. The number of rotatable bonds is 7. The van der Waals surface area contributed by atoms with E-state index in [1.807, 2.05) is 36.4 Å². The fraction of sp³-hybridized carbons (Fsp3) is 0.318. The molecule has 1 aliphatic heterocycles. The van der Waals surface area contributed by atoms with Gasteiger partial charge < -0.3 is 14.8 Å². The van der Waals surface area contributed by atoms with Gasteiger partial charge in [-0.05, 0) is 34.4 Å². The first kappa shape index (κ1) is 18.9. The molecular weight excluding hydrogens is 372 g/mol. The largest absolute Gasteiger partial charge is 0.484 e. The highest BCUT2D eigenvalue weighted by atomic mass is 32.1. The quantitative estimate of drug-likeness (QED) is 0.664. The predicted molar refractivity (Wildman–Crippen MR) is 112 cm³/mol. The number of benzene rings is 2. The molecule has 2 aromatic carbocycles. The van der Waals surface area contributed by atoms with Gasteiger partial charge in [0.15, 0.2) is 6.61 Å². The zero-order valence-corrected chi connectivity index (χ0v) is 16.5. The Kier molecular flexibility index (Phi) is 6.21. The number of hydrogen-bond donors (Lipinski definition) is 1. The maximum atomic E-state index is 12.4. The smallest absolute Gasteiger partial charge is 0.258 e. The first-order valence-corrected chi connectivity index (χ1v) is 10.4. The second-order valence-electron chi connectivity index (χ2n) is 6.78. The molecule has 4 rings (SSSR count). The van der Waals surface area contributed by atoms with Crippen molar-refractivity contribution in [1.29, 1.82) is 0 Å². The van der Waals surface area contributed by atoms with Crippen LogP contribution in [0.5, 0.6) is 5.75 Å². The molecule has 0 aliphatic carbocycles. The summed E-state index contributed by atoms with van der Waals surface area (Å²) in [4.78, 5) is 16.0. The van der Waals surface area contributed by atoms with Crippen molar-refractivity contribution in [2.45, 2.75) is 6.04 Å². The Balaban J connectivity index is 1.32. The summed E-state index contributed by atoms with van der Waals surface area (Å²) in [6, 6.07) is 18.3. The molecule has 6 heteroatoms. The zero-order chi connectivity index (χ0) is 19.2. The Morgan fingerprint density at radius 1 is 1.11 bits per heavy atom. The SMILES string of the molecule is O=C(COc1ccc2ccccc2c1)NC[C@@H](c1cccs1)N1CCOCC1. The number of hydrogen-bond acceptors (Lipinski definition) is 5. The number of nitrogens with one attached hydrogen (secondary N) is 1. The van der Waals surface area contributed by atoms with Gasteiger partial charge in [0.25, 0.3) is 5.91 Å². The van der Waals surface area contributed by atoms with Crippen LogP contribution in [0.1, 0.15) is 10.9 Å². The number of thiophene rings is 1. The van der Waals surface area contributed by atoms with E-state index in [0.29, 0.717) is 12.3 Å².